The van der Waals surface area contributed by atoms with E-state index in [9.17, 15) is 18.0 Å². The van der Waals surface area contributed by atoms with Crippen molar-refractivity contribution in [3.05, 3.63) is 12.3 Å². The maximum Gasteiger partial charge on any atom is 0.493 e. The van der Waals surface area contributed by atoms with Crippen molar-refractivity contribution in [1.29, 1.82) is 0 Å². The first-order chi connectivity index (χ1) is 6.00. The minimum Gasteiger partial charge on any atom is -0.306 e. The van der Waals surface area contributed by atoms with Crippen LogP contribution in [0.15, 0.2) is 12.3 Å². The van der Waals surface area contributed by atoms with Gasteiger partial charge in [-0.3, -0.25) is 0 Å². The van der Waals surface area contributed by atoms with Crippen LogP contribution in [0.4, 0.5) is 13.2 Å². The Morgan fingerprint density at radius 2 is 2.23 bits per heavy atom. The number of halogens is 3. The van der Waals surface area contributed by atoms with Crippen molar-refractivity contribution in [3.8, 4) is 0 Å². The molecular formula is C6H6F3NO3. The molecule has 0 aromatic rings. The van der Waals surface area contributed by atoms with E-state index in [1.807, 2.05) is 0 Å². The molecule has 0 aromatic carbocycles. The Bertz CT molecular complexity index is 226. The molecule has 0 saturated carbocycles. The normalized spacial score (nSPS) is 17.3. The third-order valence-electron chi connectivity index (χ3n) is 1.13. The van der Waals surface area contributed by atoms with Crippen molar-refractivity contribution >= 4 is 5.97 Å². The predicted octanol–water partition coefficient (Wildman–Crippen LogP) is 1.16. The Kier molecular flexibility index (Phi) is 2.76. The molecule has 7 heteroatoms. The van der Waals surface area contributed by atoms with Crippen LogP contribution in [0.3, 0.4) is 0 Å². The summed E-state index contributed by atoms with van der Waals surface area (Å²) >= 11 is 0. The number of nitrogens with zero attached hydrogens (tertiary/aromatic N) is 1. The molecule has 0 bridgehead atoms. The molecular weight excluding hydrogens is 191 g/mol. The molecule has 1 heterocycles. The van der Waals surface area contributed by atoms with Crippen LogP contribution in [-0.4, -0.2) is 24.0 Å². The zero-order valence-electron chi connectivity index (χ0n) is 6.37. The Balaban J connectivity index is 2.44. The first-order valence-electron chi connectivity index (χ1n) is 3.38. The van der Waals surface area contributed by atoms with Gasteiger partial charge in [0.25, 0.3) is 0 Å². The van der Waals surface area contributed by atoms with Gasteiger partial charge < -0.3 is 4.84 Å². The number of rotatable bonds is 1. The lowest BCUT2D eigenvalue weighted by molar-refractivity contribution is -0.334. The van der Waals surface area contributed by atoms with E-state index in [4.69, 9.17) is 0 Å². The monoisotopic (exact) mass is 197 g/mol. The molecule has 1 rings (SSSR count). The molecule has 0 unspecified atom stereocenters. The van der Waals surface area contributed by atoms with Crippen LogP contribution in [0.2, 0.25) is 0 Å². The van der Waals surface area contributed by atoms with E-state index >= 15 is 0 Å². The summed E-state index contributed by atoms with van der Waals surface area (Å²) in [6, 6.07) is 0. The summed E-state index contributed by atoms with van der Waals surface area (Å²) in [5.74, 6) is -2.31. The van der Waals surface area contributed by atoms with Crippen LogP contribution in [0.5, 0.6) is 0 Å². The molecule has 1 aliphatic rings. The summed E-state index contributed by atoms with van der Waals surface area (Å²) in [4.78, 5) is 18.6. The summed E-state index contributed by atoms with van der Waals surface area (Å²) in [6.45, 7) is 0.182. The Morgan fingerprint density at radius 3 is 2.69 bits per heavy atom. The van der Waals surface area contributed by atoms with Crippen LogP contribution >= 0.6 is 0 Å². The molecule has 13 heavy (non-hydrogen) atoms. The molecule has 1 aliphatic heterocycles. The van der Waals surface area contributed by atoms with Gasteiger partial charge in [0.15, 0.2) is 0 Å². The maximum absolute atomic E-state index is 11.6. The number of hydroxylamine groups is 2. The molecule has 0 N–H and O–H groups in total. The standard InChI is InChI=1S/C6H6F3NO3/c7-6(8,9)5(11)13-10-3-1-2-4-12-10/h1,3H,2,4H2. The van der Waals surface area contributed by atoms with Crippen molar-refractivity contribution in [2.75, 3.05) is 6.61 Å². The molecule has 0 radical (unpaired) electrons. The second-order valence-electron chi connectivity index (χ2n) is 2.17. The lowest BCUT2D eigenvalue weighted by Gasteiger charge is -2.20. The van der Waals surface area contributed by atoms with E-state index in [0.717, 1.165) is 6.20 Å². The number of alkyl halides is 3. The van der Waals surface area contributed by atoms with Gasteiger partial charge in [-0.1, -0.05) is 11.3 Å². The highest BCUT2D eigenvalue weighted by Gasteiger charge is 2.42. The molecule has 0 aliphatic carbocycles. The fourth-order valence-corrected chi connectivity index (χ4v) is 0.605. The van der Waals surface area contributed by atoms with Gasteiger partial charge in [-0.25, -0.2) is 9.63 Å². The molecule has 0 atom stereocenters. The summed E-state index contributed by atoms with van der Waals surface area (Å²) in [7, 11) is 0. The van der Waals surface area contributed by atoms with Gasteiger partial charge in [0, 0.05) is 0 Å². The van der Waals surface area contributed by atoms with Crippen LogP contribution < -0.4 is 0 Å². The van der Waals surface area contributed by atoms with Crippen LogP contribution in [0, 0.1) is 0 Å². The SMILES string of the molecule is O=C(ON1C=CCCO1)C(F)(F)F. The van der Waals surface area contributed by atoms with Gasteiger partial charge in [-0.05, 0) is 6.42 Å². The van der Waals surface area contributed by atoms with Crippen molar-refractivity contribution in [1.82, 2.24) is 5.23 Å². The molecule has 0 spiro atoms. The largest absolute Gasteiger partial charge is 0.493 e. The third-order valence-corrected chi connectivity index (χ3v) is 1.13. The fraction of sp³-hybridized carbons (Fsp3) is 0.500. The zero-order valence-corrected chi connectivity index (χ0v) is 6.37. The van der Waals surface area contributed by atoms with E-state index in [0.29, 0.717) is 11.6 Å². The maximum atomic E-state index is 11.6. The van der Waals surface area contributed by atoms with E-state index in [1.54, 1.807) is 0 Å². The molecule has 0 amide bonds. The van der Waals surface area contributed by atoms with Crippen LogP contribution in [-0.2, 0) is 14.5 Å². The van der Waals surface area contributed by atoms with Crippen molar-refractivity contribution < 1.29 is 27.6 Å². The summed E-state index contributed by atoms with van der Waals surface area (Å²) in [5.41, 5.74) is 0. The van der Waals surface area contributed by atoms with Gasteiger partial charge in [0.05, 0.1) is 12.8 Å². The van der Waals surface area contributed by atoms with Gasteiger partial charge in [-0.15, -0.1) is 0 Å². The van der Waals surface area contributed by atoms with Crippen molar-refractivity contribution in [2.24, 2.45) is 0 Å². The Morgan fingerprint density at radius 1 is 1.54 bits per heavy atom. The van der Waals surface area contributed by atoms with E-state index in [2.05, 4.69) is 9.68 Å². The van der Waals surface area contributed by atoms with E-state index in [-0.39, 0.29) is 6.61 Å². The second kappa shape index (κ2) is 3.65. The number of hydrogen-bond donors (Lipinski definition) is 0. The minimum atomic E-state index is -5.01. The molecule has 0 fully saturated rings. The smallest absolute Gasteiger partial charge is 0.306 e. The molecule has 4 nitrogen and oxygen atoms in total. The highest BCUT2D eigenvalue weighted by molar-refractivity contribution is 5.75. The summed E-state index contributed by atoms with van der Waals surface area (Å²) in [6.07, 6.45) is -1.81. The molecule has 0 saturated heterocycles. The van der Waals surface area contributed by atoms with Gasteiger partial charge >= 0.3 is 12.1 Å². The third kappa shape index (κ3) is 2.94. The highest BCUT2D eigenvalue weighted by atomic mass is 19.4. The van der Waals surface area contributed by atoms with Gasteiger partial charge in [-0.2, -0.15) is 13.2 Å². The Labute approximate surface area is 71.4 Å². The molecule has 74 valence electrons. The average molecular weight is 197 g/mol. The van der Waals surface area contributed by atoms with E-state index < -0.39 is 12.1 Å². The quantitative estimate of drug-likeness (QED) is 0.632. The first kappa shape index (κ1) is 9.85. The van der Waals surface area contributed by atoms with E-state index in [1.165, 1.54) is 6.08 Å². The van der Waals surface area contributed by atoms with Crippen molar-refractivity contribution in [3.63, 3.8) is 0 Å². The lowest BCUT2D eigenvalue weighted by atomic mass is 10.4. The molecule has 0 aromatic heterocycles. The van der Waals surface area contributed by atoms with Gasteiger partial charge in [0.1, 0.15) is 0 Å². The van der Waals surface area contributed by atoms with Gasteiger partial charge in [0.2, 0.25) is 0 Å². The highest BCUT2D eigenvalue weighted by Crippen LogP contribution is 2.18. The Hall–Kier alpha value is -1.24. The fourth-order valence-electron chi connectivity index (χ4n) is 0.605. The van der Waals surface area contributed by atoms with Crippen LogP contribution in [0.25, 0.3) is 0 Å². The second-order valence-corrected chi connectivity index (χ2v) is 2.17. The number of carbonyl (C=O) groups is 1. The predicted molar refractivity (Wildman–Crippen MR) is 33.7 cm³/mol. The number of hydrogen-bond acceptors (Lipinski definition) is 4. The zero-order chi connectivity index (χ0) is 9.90. The summed E-state index contributed by atoms with van der Waals surface area (Å²) < 4.78 is 34.9. The minimum absolute atomic E-state index is 0.182. The average Bonchev–Trinajstić information content (AvgIpc) is 2.04. The lowest BCUT2D eigenvalue weighted by Crippen LogP contribution is -2.33. The topological polar surface area (TPSA) is 38.8 Å². The summed E-state index contributed by atoms with van der Waals surface area (Å²) in [5, 5.41) is 0.388. The van der Waals surface area contributed by atoms with Crippen molar-refractivity contribution in [2.45, 2.75) is 12.6 Å². The van der Waals surface area contributed by atoms with Crippen LogP contribution in [0.1, 0.15) is 6.42 Å². The number of carbonyl (C=O) groups excluding carboxylic acids is 1. The first-order valence-corrected chi connectivity index (χ1v) is 3.38.